The lowest BCUT2D eigenvalue weighted by Gasteiger charge is -2.07. The average Bonchev–Trinajstić information content (AvgIpc) is 2.26. The van der Waals surface area contributed by atoms with Gasteiger partial charge in [-0.1, -0.05) is 18.5 Å². The summed E-state index contributed by atoms with van der Waals surface area (Å²) < 4.78 is 30.9. The van der Waals surface area contributed by atoms with Gasteiger partial charge in [0.2, 0.25) is 10.0 Å². The molecule has 0 saturated heterocycles. The molecule has 90 valence electrons. The summed E-state index contributed by atoms with van der Waals surface area (Å²) in [6.07, 6.45) is 0.739. The van der Waals surface area contributed by atoms with Crippen molar-refractivity contribution in [1.82, 2.24) is 4.72 Å². The molecule has 0 aliphatic heterocycles. The summed E-state index contributed by atoms with van der Waals surface area (Å²) in [6.45, 7) is 2.30. The van der Waals surface area contributed by atoms with Crippen LogP contribution >= 0.6 is 11.6 Å². The first-order chi connectivity index (χ1) is 7.51. The van der Waals surface area contributed by atoms with Crippen LogP contribution in [0.3, 0.4) is 0 Å². The molecule has 16 heavy (non-hydrogen) atoms. The van der Waals surface area contributed by atoms with Crippen molar-refractivity contribution < 1.29 is 13.2 Å². The molecule has 0 bridgehead atoms. The lowest BCUT2D eigenvalue weighted by Crippen LogP contribution is -2.24. The first-order valence-corrected chi connectivity index (χ1v) is 6.70. The van der Waals surface area contributed by atoms with E-state index in [1.807, 2.05) is 6.92 Å². The highest BCUT2D eigenvalue weighted by Gasteiger charge is 2.14. The summed E-state index contributed by atoms with van der Waals surface area (Å²) in [5, 5.41) is 0.280. The summed E-state index contributed by atoms with van der Waals surface area (Å²) in [7, 11) is -1.98. The second-order valence-electron chi connectivity index (χ2n) is 3.19. The fraction of sp³-hybridized carbons (Fsp3) is 0.400. The summed E-state index contributed by atoms with van der Waals surface area (Å²) in [6, 6.07) is 4.37. The minimum Gasteiger partial charge on any atom is -0.495 e. The van der Waals surface area contributed by atoms with Crippen molar-refractivity contribution in [2.75, 3.05) is 13.7 Å². The highest BCUT2D eigenvalue weighted by atomic mass is 35.5. The van der Waals surface area contributed by atoms with Gasteiger partial charge in [0.25, 0.3) is 0 Å². The first-order valence-electron chi connectivity index (χ1n) is 4.84. The SMILES string of the molecule is CCCNS(=O)(=O)c1ccc(OC)c(Cl)c1. The van der Waals surface area contributed by atoms with Gasteiger partial charge >= 0.3 is 0 Å². The standard InChI is InChI=1S/C10H14ClNO3S/c1-3-6-12-16(13,14)8-4-5-10(15-2)9(11)7-8/h4-5,7,12H,3,6H2,1-2H3. The Bertz CT molecular complexity index is 459. The summed E-state index contributed by atoms with van der Waals surface area (Å²) in [5.74, 6) is 0.455. The second-order valence-corrected chi connectivity index (χ2v) is 5.37. The number of methoxy groups -OCH3 is 1. The fourth-order valence-corrected chi connectivity index (χ4v) is 2.62. The molecule has 1 aromatic rings. The maximum Gasteiger partial charge on any atom is 0.240 e. The lowest BCUT2D eigenvalue weighted by molar-refractivity contribution is 0.414. The molecule has 0 aliphatic rings. The Labute approximate surface area is 101 Å². The Morgan fingerprint density at radius 3 is 2.62 bits per heavy atom. The van der Waals surface area contributed by atoms with E-state index in [4.69, 9.17) is 16.3 Å². The molecule has 0 heterocycles. The normalized spacial score (nSPS) is 11.4. The Kier molecular flexibility index (Phi) is 4.58. The quantitative estimate of drug-likeness (QED) is 0.884. The van der Waals surface area contributed by atoms with Crippen LogP contribution in [-0.4, -0.2) is 22.1 Å². The summed E-state index contributed by atoms with van der Waals surface area (Å²) in [5.41, 5.74) is 0. The Balaban J connectivity index is 3.01. The van der Waals surface area contributed by atoms with Gasteiger partial charge in [0, 0.05) is 6.54 Å². The summed E-state index contributed by atoms with van der Waals surface area (Å²) >= 11 is 5.85. The van der Waals surface area contributed by atoms with E-state index in [0.717, 1.165) is 6.42 Å². The largest absolute Gasteiger partial charge is 0.495 e. The molecular weight excluding hydrogens is 250 g/mol. The van der Waals surface area contributed by atoms with Crippen LogP contribution in [-0.2, 0) is 10.0 Å². The van der Waals surface area contributed by atoms with E-state index in [2.05, 4.69) is 4.72 Å². The zero-order valence-electron chi connectivity index (χ0n) is 9.16. The van der Waals surface area contributed by atoms with Crippen molar-refractivity contribution in [3.8, 4) is 5.75 Å². The first kappa shape index (κ1) is 13.3. The highest BCUT2D eigenvalue weighted by Crippen LogP contribution is 2.26. The maximum absolute atomic E-state index is 11.7. The minimum atomic E-state index is -3.46. The van der Waals surface area contributed by atoms with E-state index in [0.29, 0.717) is 12.3 Å². The topological polar surface area (TPSA) is 55.4 Å². The predicted octanol–water partition coefficient (Wildman–Crippen LogP) is 2.04. The molecule has 6 heteroatoms. The van der Waals surface area contributed by atoms with Crippen molar-refractivity contribution in [1.29, 1.82) is 0 Å². The molecule has 0 radical (unpaired) electrons. The number of rotatable bonds is 5. The van der Waals surface area contributed by atoms with Crippen LogP contribution in [0.25, 0.3) is 0 Å². The van der Waals surface area contributed by atoms with E-state index in [9.17, 15) is 8.42 Å². The molecule has 1 aromatic carbocycles. The Morgan fingerprint density at radius 2 is 2.12 bits per heavy atom. The van der Waals surface area contributed by atoms with Crippen LogP contribution in [0.2, 0.25) is 5.02 Å². The number of hydrogen-bond acceptors (Lipinski definition) is 3. The average molecular weight is 264 g/mol. The second kappa shape index (κ2) is 5.52. The molecule has 0 atom stereocenters. The zero-order valence-corrected chi connectivity index (χ0v) is 10.7. The van der Waals surface area contributed by atoms with Crippen LogP contribution in [0.1, 0.15) is 13.3 Å². The molecule has 4 nitrogen and oxygen atoms in total. The van der Waals surface area contributed by atoms with Crippen LogP contribution in [0.15, 0.2) is 23.1 Å². The third kappa shape index (κ3) is 3.10. The number of benzene rings is 1. The third-order valence-electron chi connectivity index (χ3n) is 1.98. The smallest absolute Gasteiger partial charge is 0.240 e. The van der Waals surface area contributed by atoms with Crippen molar-refractivity contribution in [2.24, 2.45) is 0 Å². The predicted molar refractivity (Wildman–Crippen MR) is 63.5 cm³/mol. The van der Waals surface area contributed by atoms with Crippen LogP contribution < -0.4 is 9.46 Å². The summed E-state index contributed by atoms with van der Waals surface area (Å²) in [4.78, 5) is 0.145. The van der Waals surface area contributed by atoms with Gasteiger partial charge in [0.05, 0.1) is 17.0 Å². The number of ether oxygens (including phenoxy) is 1. The molecule has 1 rings (SSSR count). The zero-order chi connectivity index (χ0) is 12.2. The van der Waals surface area contributed by atoms with Gasteiger partial charge in [0.1, 0.15) is 5.75 Å². The van der Waals surface area contributed by atoms with Crippen LogP contribution in [0.5, 0.6) is 5.75 Å². The Morgan fingerprint density at radius 1 is 1.44 bits per heavy atom. The van der Waals surface area contributed by atoms with Gasteiger partial charge in [-0.15, -0.1) is 0 Å². The van der Waals surface area contributed by atoms with Crippen molar-refractivity contribution in [3.63, 3.8) is 0 Å². The van der Waals surface area contributed by atoms with E-state index in [1.54, 1.807) is 0 Å². The number of hydrogen-bond donors (Lipinski definition) is 1. The molecule has 0 unspecified atom stereocenters. The molecule has 0 spiro atoms. The molecule has 0 aromatic heterocycles. The van der Waals surface area contributed by atoms with Gasteiger partial charge in [-0.2, -0.15) is 0 Å². The van der Waals surface area contributed by atoms with E-state index < -0.39 is 10.0 Å². The number of nitrogens with one attached hydrogen (secondary N) is 1. The van der Waals surface area contributed by atoms with Gasteiger partial charge < -0.3 is 4.74 Å². The molecular formula is C10H14ClNO3S. The van der Waals surface area contributed by atoms with Crippen molar-refractivity contribution in [3.05, 3.63) is 23.2 Å². The molecule has 1 N–H and O–H groups in total. The molecule has 0 fully saturated rings. The van der Waals surface area contributed by atoms with Crippen LogP contribution in [0.4, 0.5) is 0 Å². The lowest BCUT2D eigenvalue weighted by atomic mass is 10.3. The van der Waals surface area contributed by atoms with Gasteiger partial charge in [-0.05, 0) is 24.6 Å². The highest BCUT2D eigenvalue weighted by molar-refractivity contribution is 7.89. The monoisotopic (exact) mass is 263 g/mol. The van der Waals surface area contributed by atoms with Gasteiger partial charge in [0.15, 0.2) is 0 Å². The minimum absolute atomic E-state index is 0.145. The molecule has 0 saturated carbocycles. The van der Waals surface area contributed by atoms with Gasteiger partial charge in [-0.25, -0.2) is 13.1 Å². The Hall–Kier alpha value is -0.780. The number of sulfonamides is 1. The molecule has 0 amide bonds. The van der Waals surface area contributed by atoms with Gasteiger partial charge in [-0.3, -0.25) is 0 Å². The maximum atomic E-state index is 11.7. The van der Waals surface area contributed by atoms with E-state index >= 15 is 0 Å². The van der Waals surface area contributed by atoms with E-state index in [1.165, 1.54) is 25.3 Å². The van der Waals surface area contributed by atoms with Crippen molar-refractivity contribution >= 4 is 21.6 Å². The fourth-order valence-electron chi connectivity index (χ4n) is 1.13. The molecule has 0 aliphatic carbocycles. The third-order valence-corrected chi connectivity index (χ3v) is 3.73. The van der Waals surface area contributed by atoms with Crippen LogP contribution in [0, 0.1) is 0 Å². The van der Waals surface area contributed by atoms with Crippen molar-refractivity contribution in [2.45, 2.75) is 18.2 Å². The number of halogens is 1. The van der Waals surface area contributed by atoms with E-state index in [-0.39, 0.29) is 9.92 Å².